The largest absolute Gasteiger partial charge is 0.465 e. The van der Waals surface area contributed by atoms with Crippen molar-refractivity contribution in [3.8, 4) is 0 Å². The number of rotatable bonds is 3. The molecule has 0 amide bonds. The first kappa shape index (κ1) is 13.5. The number of ether oxygens (including phenoxy) is 1. The quantitative estimate of drug-likeness (QED) is 0.749. The highest BCUT2D eigenvalue weighted by Gasteiger charge is 2.15. The molecule has 0 aliphatic heterocycles. The second kappa shape index (κ2) is 5.49. The molecule has 3 aromatic rings. The fourth-order valence-electron chi connectivity index (χ4n) is 1.99. The van der Waals surface area contributed by atoms with Gasteiger partial charge in [-0.05, 0) is 19.1 Å². The Labute approximate surface area is 125 Å². The van der Waals surface area contributed by atoms with Crippen LogP contribution in [-0.2, 0) is 4.74 Å². The van der Waals surface area contributed by atoms with Gasteiger partial charge in [-0.1, -0.05) is 29.5 Å². The molecule has 0 aliphatic carbocycles. The maximum atomic E-state index is 11.6. The Morgan fingerprint density at radius 1 is 1.33 bits per heavy atom. The van der Waals surface area contributed by atoms with E-state index in [4.69, 9.17) is 4.74 Å². The van der Waals surface area contributed by atoms with Crippen molar-refractivity contribution in [1.29, 1.82) is 0 Å². The van der Waals surface area contributed by atoms with Crippen LogP contribution >= 0.6 is 11.3 Å². The average Bonchev–Trinajstić information content (AvgIpc) is 2.87. The second-order valence-electron chi connectivity index (χ2n) is 4.47. The predicted molar refractivity (Wildman–Crippen MR) is 83.2 cm³/mol. The minimum absolute atomic E-state index is 0.366. The standard InChI is InChI=1S/C15H13N3O2S/c1-9-13(14(19)20-2)21-15(17-9)18-11-7-10-5-3-4-6-12(10)16-8-11/h3-8H,1-2H3,(H,17,18). The first-order valence-electron chi connectivity index (χ1n) is 6.35. The lowest BCUT2D eigenvalue weighted by Gasteiger charge is -2.03. The molecule has 0 radical (unpaired) electrons. The fourth-order valence-corrected chi connectivity index (χ4v) is 2.90. The van der Waals surface area contributed by atoms with Gasteiger partial charge < -0.3 is 10.1 Å². The van der Waals surface area contributed by atoms with Crippen LogP contribution in [0.25, 0.3) is 10.9 Å². The van der Waals surface area contributed by atoms with Gasteiger partial charge in [-0.15, -0.1) is 0 Å². The third-order valence-corrected chi connectivity index (χ3v) is 4.06. The zero-order valence-electron chi connectivity index (χ0n) is 11.6. The number of hydrogen-bond acceptors (Lipinski definition) is 6. The number of anilines is 2. The maximum Gasteiger partial charge on any atom is 0.350 e. The van der Waals surface area contributed by atoms with Crippen molar-refractivity contribution in [1.82, 2.24) is 9.97 Å². The lowest BCUT2D eigenvalue weighted by molar-refractivity contribution is 0.0605. The SMILES string of the molecule is COC(=O)c1sc(Nc2cnc3ccccc3c2)nc1C. The molecule has 0 spiro atoms. The zero-order valence-corrected chi connectivity index (χ0v) is 12.4. The van der Waals surface area contributed by atoms with Crippen LogP contribution in [0.15, 0.2) is 36.5 Å². The number of hydrogen-bond donors (Lipinski definition) is 1. The van der Waals surface area contributed by atoms with E-state index < -0.39 is 0 Å². The molecular formula is C15H13N3O2S. The number of fused-ring (bicyclic) bond motifs is 1. The number of carbonyl (C=O) groups excluding carboxylic acids is 1. The van der Waals surface area contributed by atoms with Crippen LogP contribution in [0, 0.1) is 6.92 Å². The van der Waals surface area contributed by atoms with Crippen molar-refractivity contribution >= 4 is 39.0 Å². The summed E-state index contributed by atoms with van der Waals surface area (Å²) < 4.78 is 4.73. The molecule has 2 aromatic heterocycles. The molecule has 106 valence electrons. The minimum Gasteiger partial charge on any atom is -0.465 e. The van der Waals surface area contributed by atoms with Gasteiger partial charge in [0.1, 0.15) is 4.88 Å². The van der Waals surface area contributed by atoms with E-state index in [0.29, 0.717) is 15.7 Å². The normalized spacial score (nSPS) is 10.6. The van der Waals surface area contributed by atoms with Crippen LogP contribution in [0.5, 0.6) is 0 Å². The molecule has 1 aromatic carbocycles. The number of aryl methyl sites for hydroxylation is 1. The van der Waals surface area contributed by atoms with E-state index in [2.05, 4.69) is 15.3 Å². The van der Waals surface area contributed by atoms with Gasteiger partial charge >= 0.3 is 5.97 Å². The molecule has 0 saturated heterocycles. The zero-order chi connectivity index (χ0) is 14.8. The molecule has 0 fully saturated rings. The van der Waals surface area contributed by atoms with E-state index in [1.807, 2.05) is 30.3 Å². The Kier molecular flexibility index (Phi) is 3.53. The summed E-state index contributed by atoms with van der Waals surface area (Å²) in [5, 5.41) is 4.86. The summed E-state index contributed by atoms with van der Waals surface area (Å²) in [7, 11) is 1.36. The molecule has 21 heavy (non-hydrogen) atoms. The Balaban J connectivity index is 1.89. The number of benzene rings is 1. The molecule has 5 nitrogen and oxygen atoms in total. The summed E-state index contributed by atoms with van der Waals surface area (Å²) in [5.74, 6) is -0.366. The first-order chi connectivity index (χ1) is 10.2. The summed E-state index contributed by atoms with van der Waals surface area (Å²) in [6.45, 7) is 1.78. The van der Waals surface area contributed by atoms with Gasteiger partial charge in [0.15, 0.2) is 5.13 Å². The molecule has 0 aliphatic rings. The highest BCUT2D eigenvalue weighted by molar-refractivity contribution is 7.17. The number of pyridine rings is 1. The van der Waals surface area contributed by atoms with Crippen LogP contribution in [0.2, 0.25) is 0 Å². The summed E-state index contributed by atoms with van der Waals surface area (Å²) in [5.41, 5.74) is 2.43. The lowest BCUT2D eigenvalue weighted by atomic mass is 10.2. The van der Waals surface area contributed by atoms with Crippen molar-refractivity contribution in [3.05, 3.63) is 47.1 Å². The number of esters is 1. The molecule has 6 heteroatoms. The van der Waals surface area contributed by atoms with Gasteiger partial charge in [-0.3, -0.25) is 4.98 Å². The molecule has 1 N–H and O–H groups in total. The number of nitrogens with one attached hydrogen (secondary N) is 1. The molecular weight excluding hydrogens is 286 g/mol. The van der Waals surface area contributed by atoms with E-state index >= 15 is 0 Å². The summed E-state index contributed by atoms with van der Waals surface area (Å²) in [4.78, 5) is 20.8. The number of carbonyl (C=O) groups is 1. The van der Waals surface area contributed by atoms with Crippen LogP contribution in [0.3, 0.4) is 0 Å². The van der Waals surface area contributed by atoms with Crippen molar-refractivity contribution < 1.29 is 9.53 Å². The van der Waals surface area contributed by atoms with Crippen LogP contribution in [0.4, 0.5) is 10.8 Å². The van der Waals surface area contributed by atoms with E-state index in [1.54, 1.807) is 13.1 Å². The molecule has 2 heterocycles. The van der Waals surface area contributed by atoms with Crippen molar-refractivity contribution in [2.75, 3.05) is 12.4 Å². The molecule has 0 saturated carbocycles. The van der Waals surface area contributed by atoms with Crippen molar-refractivity contribution in [2.45, 2.75) is 6.92 Å². The number of aromatic nitrogens is 2. The summed E-state index contributed by atoms with van der Waals surface area (Å²) >= 11 is 1.27. The van der Waals surface area contributed by atoms with Crippen molar-refractivity contribution in [2.24, 2.45) is 0 Å². The third kappa shape index (κ3) is 2.71. The highest BCUT2D eigenvalue weighted by Crippen LogP contribution is 2.27. The monoisotopic (exact) mass is 299 g/mol. The Morgan fingerprint density at radius 3 is 2.95 bits per heavy atom. The van der Waals surface area contributed by atoms with Crippen LogP contribution < -0.4 is 5.32 Å². The molecule has 0 atom stereocenters. The van der Waals surface area contributed by atoms with E-state index in [9.17, 15) is 4.79 Å². The third-order valence-electron chi connectivity index (χ3n) is 3.01. The van der Waals surface area contributed by atoms with Gasteiger partial charge in [-0.25, -0.2) is 9.78 Å². The summed E-state index contributed by atoms with van der Waals surface area (Å²) in [6, 6.07) is 9.88. The predicted octanol–water partition coefficient (Wildman–Crippen LogP) is 3.53. The van der Waals surface area contributed by atoms with E-state index in [1.165, 1.54) is 18.4 Å². The molecule has 0 bridgehead atoms. The maximum absolute atomic E-state index is 11.6. The Hall–Kier alpha value is -2.47. The van der Waals surface area contributed by atoms with Gasteiger partial charge in [0.25, 0.3) is 0 Å². The van der Waals surface area contributed by atoms with Gasteiger partial charge in [0.2, 0.25) is 0 Å². The smallest absolute Gasteiger partial charge is 0.350 e. The summed E-state index contributed by atoms with van der Waals surface area (Å²) in [6.07, 6.45) is 1.75. The second-order valence-corrected chi connectivity index (χ2v) is 5.47. The number of methoxy groups -OCH3 is 1. The number of para-hydroxylation sites is 1. The van der Waals surface area contributed by atoms with E-state index in [0.717, 1.165) is 16.6 Å². The van der Waals surface area contributed by atoms with Crippen LogP contribution in [-0.4, -0.2) is 23.0 Å². The fraction of sp³-hybridized carbons (Fsp3) is 0.133. The lowest BCUT2D eigenvalue weighted by Crippen LogP contribution is -1.99. The van der Waals surface area contributed by atoms with E-state index in [-0.39, 0.29) is 5.97 Å². The van der Waals surface area contributed by atoms with Gasteiger partial charge in [0.05, 0.1) is 30.2 Å². The Bertz CT molecular complexity index is 814. The molecule has 3 rings (SSSR count). The minimum atomic E-state index is -0.366. The van der Waals surface area contributed by atoms with Gasteiger partial charge in [-0.2, -0.15) is 0 Å². The highest BCUT2D eigenvalue weighted by atomic mass is 32.1. The number of thiazole rings is 1. The van der Waals surface area contributed by atoms with Gasteiger partial charge in [0, 0.05) is 5.39 Å². The van der Waals surface area contributed by atoms with Crippen LogP contribution in [0.1, 0.15) is 15.4 Å². The topological polar surface area (TPSA) is 64.1 Å². The molecule has 0 unspecified atom stereocenters. The van der Waals surface area contributed by atoms with Crippen molar-refractivity contribution in [3.63, 3.8) is 0 Å². The average molecular weight is 299 g/mol. The first-order valence-corrected chi connectivity index (χ1v) is 7.16. The Morgan fingerprint density at radius 2 is 2.14 bits per heavy atom. The number of nitrogens with zero attached hydrogens (tertiary/aromatic N) is 2.